The predicted octanol–water partition coefficient (Wildman–Crippen LogP) is 0.576. The van der Waals surface area contributed by atoms with Crippen LogP contribution < -0.4 is 0 Å². The largest absolute Gasteiger partial charge is 0.300 e. The summed E-state index contributed by atoms with van der Waals surface area (Å²) in [5.41, 5.74) is -0.520. The van der Waals surface area contributed by atoms with E-state index in [1.807, 2.05) is 0 Å². The van der Waals surface area contributed by atoms with Crippen LogP contribution in [0.15, 0.2) is 12.3 Å². The fourth-order valence-corrected chi connectivity index (χ4v) is 1.51. The second-order valence-electron chi connectivity index (χ2n) is 2.89. The van der Waals surface area contributed by atoms with E-state index in [0.717, 1.165) is 0 Å². The lowest BCUT2D eigenvalue weighted by molar-refractivity contribution is -0.113. The average molecular weight is 251 g/mol. The fraction of sp³-hybridized carbons (Fsp3) is 0.250. The van der Waals surface area contributed by atoms with Gasteiger partial charge >= 0.3 is 0 Å². The van der Waals surface area contributed by atoms with E-state index in [1.54, 1.807) is 0 Å². The maximum Gasteiger partial charge on any atom is 0.265 e. The smallest absolute Gasteiger partial charge is 0.265 e. The van der Waals surface area contributed by atoms with Gasteiger partial charge in [0, 0.05) is 11.6 Å². The molecule has 88 valence electrons. The minimum Gasteiger partial charge on any atom is -0.300 e. The number of halogens is 2. The molecule has 16 heavy (non-hydrogen) atoms. The van der Waals surface area contributed by atoms with Gasteiger partial charge in [0.25, 0.3) is 10.1 Å². The average Bonchev–Trinajstić information content (AvgIpc) is 2.17. The molecule has 5 nitrogen and oxygen atoms in total. The highest BCUT2D eigenvalue weighted by molar-refractivity contribution is 7.86. The zero-order chi connectivity index (χ0) is 12.3. The second kappa shape index (κ2) is 4.62. The van der Waals surface area contributed by atoms with E-state index in [1.165, 1.54) is 0 Å². The normalized spacial score (nSPS) is 13.4. The van der Waals surface area contributed by atoms with E-state index in [2.05, 4.69) is 9.17 Å². The van der Waals surface area contributed by atoms with Crippen LogP contribution in [0, 0.1) is 11.8 Å². The van der Waals surface area contributed by atoms with Gasteiger partial charge in [-0.05, 0) is 0 Å². The number of carbonyl (C=O) groups is 1. The summed E-state index contributed by atoms with van der Waals surface area (Å²) < 4.78 is 51.6. The van der Waals surface area contributed by atoms with Crippen molar-refractivity contribution >= 4 is 16.4 Å². The van der Waals surface area contributed by atoms with Crippen molar-refractivity contribution in [2.24, 2.45) is 0 Å². The Labute approximate surface area is 90.2 Å². The maximum absolute atomic E-state index is 13.1. The number of nitrogens with zero attached hydrogens (tertiary/aromatic N) is 1. The van der Waals surface area contributed by atoms with Crippen molar-refractivity contribution in [3.8, 4) is 0 Å². The van der Waals surface area contributed by atoms with Gasteiger partial charge in [-0.25, -0.2) is 9.37 Å². The molecule has 1 aromatic heterocycles. The molecule has 0 N–H and O–H groups in total. The van der Waals surface area contributed by atoms with Crippen LogP contribution in [0.3, 0.4) is 0 Å². The molecule has 0 spiro atoms. The van der Waals surface area contributed by atoms with Crippen LogP contribution in [-0.4, -0.2) is 25.9 Å². The Morgan fingerprint density at radius 1 is 1.50 bits per heavy atom. The van der Waals surface area contributed by atoms with Crippen LogP contribution in [0.4, 0.5) is 8.78 Å². The molecule has 0 fully saturated rings. The second-order valence-corrected chi connectivity index (χ2v) is 4.49. The van der Waals surface area contributed by atoms with Gasteiger partial charge in [-0.1, -0.05) is 0 Å². The Hall–Kier alpha value is -1.41. The first-order chi connectivity index (χ1) is 7.33. The first-order valence-electron chi connectivity index (χ1n) is 3.98. The van der Waals surface area contributed by atoms with Crippen molar-refractivity contribution in [3.63, 3.8) is 0 Å². The third-order valence-corrected chi connectivity index (χ3v) is 2.12. The molecule has 0 aliphatic rings. The predicted molar refractivity (Wildman–Crippen MR) is 48.9 cm³/mol. The summed E-state index contributed by atoms with van der Waals surface area (Å²) in [7, 11) is -3.95. The lowest BCUT2D eigenvalue weighted by Crippen LogP contribution is -2.13. The first-order valence-corrected chi connectivity index (χ1v) is 5.79. The number of pyridine rings is 1. The SMILES string of the molecule is CS(=O)(=O)OC(C=O)c1cc(F)ncc1F. The topological polar surface area (TPSA) is 73.3 Å². The Kier molecular flexibility index (Phi) is 3.66. The van der Waals surface area contributed by atoms with Gasteiger partial charge in [0.1, 0.15) is 5.82 Å². The highest BCUT2D eigenvalue weighted by Crippen LogP contribution is 2.20. The summed E-state index contributed by atoms with van der Waals surface area (Å²) in [6.45, 7) is 0. The van der Waals surface area contributed by atoms with Crippen LogP contribution in [0.25, 0.3) is 0 Å². The molecule has 1 unspecified atom stereocenters. The van der Waals surface area contributed by atoms with E-state index in [4.69, 9.17) is 0 Å². The molecular weight excluding hydrogens is 244 g/mol. The summed E-state index contributed by atoms with van der Waals surface area (Å²) in [5.74, 6) is -2.07. The van der Waals surface area contributed by atoms with E-state index < -0.39 is 33.6 Å². The van der Waals surface area contributed by atoms with Crippen molar-refractivity contribution < 1.29 is 26.2 Å². The van der Waals surface area contributed by atoms with Crippen LogP contribution in [-0.2, 0) is 19.1 Å². The minimum atomic E-state index is -3.95. The maximum atomic E-state index is 13.1. The molecule has 0 bridgehead atoms. The molecule has 0 aromatic carbocycles. The fourth-order valence-electron chi connectivity index (χ4n) is 0.982. The van der Waals surface area contributed by atoms with Gasteiger partial charge in [-0.2, -0.15) is 12.8 Å². The summed E-state index contributed by atoms with van der Waals surface area (Å²) in [6, 6.07) is 0.597. The Morgan fingerprint density at radius 3 is 2.62 bits per heavy atom. The van der Waals surface area contributed by atoms with E-state index >= 15 is 0 Å². The Morgan fingerprint density at radius 2 is 2.12 bits per heavy atom. The van der Waals surface area contributed by atoms with Crippen molar-refractivity contribution in [1.82, 2.24) is 4.98 Å². The van der Waals surface area contributed by atoms with Gasteiger partial charge in [0.2, 0.25) is 5.95 Å². The quantitative estimate of drug-likeness (QED) is 0.444. The third-order valence-electron chi connectivity index (χ3n) is 1.56. The molecule has 1 aromatic rings. The van der Waals surface area contributed by atoms with Crippen LogP contribution >= 0.6 is 0 Å². The van der Waals surface area contributed by atoms with E-state index in [9.17, 15) is 22.0 Å². The van der Waals surface area contributed by atoms with Crippen molar-refractivity contribution in [2.75, 3.05) is 6.26 Å². The van der Waals surface area contributed by atoms with Crippen LogP contribution in [0.2, 0.25) is 0 Å². The minimum absolute atomic E-state index is 0.0545. The summed E-state index contributed by atoms with van der Waals surface area (Å²) in [6.07, 6.45) is -0.433. The third kappa shape index (κ3) is 3.31. The number of hydrogen-bond acceptors (Lipinski definition) is 5. The summed E-state index contributed by atoms with van der Waals surface area (Å²) >= 11 is 0. The van der Waals surface area contributed by atoms with Crippen molar-refractivity contribution in [3.05, 3.63) is 29.6 Å². The molecule has 0 aliphatic heterocycles. The number of aromatic nitrogens is 1. The standard InChI is InChI=1S/C8H7F2NO4S/c1-16(13,14)15-7(4-12)5-2-8(10)11-3-6(5)9/h2-4,7H,1H3. The molecular formula is C8H7F2NO4S. The Bertz CT molecular complexity index is 503. The highest BCUT2D eigenvalue weighted by Gasteiger charge is 2.21. The van der Waals surface area contributed by atoms with Gasteiger partial charge in [0.15, 0.2) is 12.4 Å². The molecule has 0 aliphatic carbocycles. The molecule has 0 amide bonds. The van der Waals surface area contributed by atoms with Crippen LogP contribution in [0.5, 0.6) is 0 Å². The summed E-state index contributed by atoms with van der Waals surface area (Å²) in [5, 5.41) is 0. The van der Waals surface area contributed by atoms with Crippen molar-refractivity contribution in [2.45, 2.75) is 6.10 Å². The zero-order valence-corrected chi connectivity index (χ0v) is 8.87. The zero-order valence-electron chi connectivity index (χ0n) is 8.05. The molecule has 1 atom stereocenters. The number of carbonyl (C=O) groups excluding carboxylic acids is 1. The number of hydrogen-bond donors (Lipinski definition) is 0. The van der Waals surface area contributed by atoms with Crippen LogP contribution in [0.1, 0.15) is 11.7 Å². The van der Waals surface area contributed by atoms with Gasteiger partial charge in [-0.15, -0.1) is 0 Å². The van der Waals surface area contributed by atoms with Gasteiger partial charge in [-0.3, -0.25) is 4.18 Å². The number of rotatable bonds is 4. The first kappa shape index (κ1) is 12.7. The molecule has 0 saturated carbocycles. The van der Waals surface area contributed by atoms with Crippen molar-refractivity contribution in [1.29, 1.82) is 0 Å². The Balaban J connectivity index is 3.13. The molecule has 8 heteroatoms. The number of aldehydes is 1. The van der Waals surface area contributed by atoms with Gasteiger partial charge < -0.3 is 4.79 Å². The van der Waals surface area contributed by atoms with E-state index in [-0.39, 0.29) is 6.29 Å². The van der Waals surface area contributed by atoms with Gasteiger partial charge in [0.05, 0.1) is 12.5 Å². The molecule has 0 radical (unpaired) electrons. The lowest BCUT2D eigenvalue weighted by Gasteiger charge is -2.10. The highest BCUT2D eigenvalue weighted by atomic mass is 32.2. The monoisotopic (exact) mass is 251 g/mol. The molecule has 1 heterocycles. The molecule has 0 saturated heterocycles. The summed E-state index contributed by atoms with van der Waals surface area (Å²) in [4.78, 5) is 13.5. The molecule has 1 rings (SSSR count). The lowest BCUT2D eigenvalue weighted by atomic mass is 10.1. The van der Waals surface area contributed by atoms with E-state index in [0.29, 0.717) is 18.5 Å².